The molecule has 0 saturated heterocycles. The Balaban J connectivity index is 1.35. The first-order valence-electron chi connectivity index (χ1n) is 14.3. The van der Waals surface area contributed by atoms with Crippen molar-refractivity contribution >= 4 is 32.3 Å². The van der Waals surface area contributed by atoms with Crippen LogP contribution in [0, 0.1) is 0 Å². The van der Waals surface area contributed by atoms with Crippen LogP contribution in [0.15, 0.2) is 158 Å². The van der Waals surface area contributed by atoms with Gasteiger partial charge in [0.05, 0.1) is 11.4 Å². The molecule has 0 spiro atoms. The van der Waals surface area contributed by atoms with Crippen molar-refractivity contribution in [3.8, 4) is 45.0 Å². The number of nitrogens with zero attached hydrogens (tertiary/aromatic N) is 2. The second-order valence-corrected chi connectivity index (χ2v) is 10.6. The summed E-state index contributed by atoms with van der Waals surface area (Å²) in [6.07, 6.45) is 0. The molecule has 0 N–H and O–H groups in total. The van der Waals surface area contributed by atoms with Gasteiger partial charge < -0.3 is 0 Å². The molecule has 42 heavy (non-hydrogen) atoms. The minimum atomic E-state index is 0.719. The van der Waals surface area contributed by atoms with E-state index in [0.717, 1.165) is 33.9 Å². The van der Waals surface area contributed by atoms with Crippen molar-refractivity contribution in [3.63, 3.8) is 0 Å². The Hall–Kier alpha value is -5.60. The maximum Gasteiger partial charge on any atom is 0.160 e. The fourth-order valence-electron chi connectivity index (χ4n) is 6.01. The molecule has 0 fully saturated rings. The van der Waals surface area contributed by atoms with E-state index in [4.69, 9.17) is 9.97 Å². The van der Waals surface area contributed by atoms with E-state index in [-0.39, 0.29) is 0 Å². The van der Waals surface area contributed by atoms with E-state index in [1.165, 1.54) is 43.4 Å². The standard InChI is InChI=1S/C40H26N2/c1-3-12-27(13-4-1)29-16-11-17-30(24-29)38-26-39(42-40(41-38)28-14-5-2-6-15-28)31-22-23-36-34-20-8-7-18-32(34)33-19-9-10-21-35(33)37(36)25-31/h1-26H. The zero-order valence-corrected chi connectivity index (χ0v) is 22.9. The molecule has 0 amide bonds. The summed E-state index contributed by atoms with van der Waals surface area (Å²) in [4.78, 5) is 10.2. The molecule has 0 aliphatic rings. The van der Waals surface area contributed by atoms with Gasteiger partial charge in [0.25, 0.3) is 0 Å². The minimum Gasteiger partial charge on any atom is -0.228 e. The van der Waals surface area contributed by atoms with Crippen LogP contribution in [-0.4, -0.2) is 9.97 Å². The first kappa shape index (κ1) is 24.2. The molecule has 196 valence electrons. The first-order chi connectivity index (χ1) is 20.8. The molecule has 0 bridgehead atoms. The number of fused-ring (bicyclic) bond motifs is 6. The van der Waals surface area contributed by atoms with Crippen molar-refractivity contribution in [2.45, 2.75) is 0 Å². The van der Waals surface area contributed by atoms with Crippen LogP contribution >= 0.6 is 0 Å². The number of hydrogen-bond donors (Lipinski definition) is 0. The van der Waals surface area contributed by atoms with Crippen LogP contribution in [0.2, 0.25) is 0 Å². The Morgan fingerprint density at radius 3 is 1.33 bits per heavy atom. The van der Waals surface area contributed by atoms with Crippen molar-refractivity contribution in [3.05, 3.63) is 158 Å². The number of aromatic nitrogens is 2. The van der Waals surface area contributed by atoms with E-state index in [1.807, 2.05) is 24.3 Å². The highest BCUT2D eigenvalue weighted by Gasteiger charge is 2.14. The average Bonchev–Trinajstić information content (AvgIpc) is 3.09. The molecule has 8 rings (SSSR count). The summed E-state index contributed by atoms with van der Waals surface area (Å²) in [5, 5.41) is 7.55. The summed E-state index contributed by atoms with van der Waals surface area (Å²) in [6.45, 7) is 0. The molecule has 0 unspecified atom stereocenters. The Kier molecular flexibility index (Phi) is 5.82. The van der Waals surface area contributed by atoms with E-state index in [9.17, 15) is 0 Å². The van der Waals surface area contributed by atoms with Crippen LogP contribution in [0.25, 0.3) is 77.3 Å². The Morgan fingerprint density at radius 2 is 0.714 bits per heavy atom. The molecule has 1 heterocycles. The maximum atomic E-state index is 5.12. The zero-order valence-electron chi connectivity index (χ0n) is 22.9. The quantitative estimate of drug-likeness (QED) is 0.210. The van der Waals surface area contributed by atoms with Gasteiger partial charge in [-0.05, 0) is 61.6 Å². The third-order valence-corrected chi connectivity index (χ3v) is 8.06. The third kappa shape index (κ3) is 4.22. The molecule has 0 aliphatic carbocycles. The fourth-order valence-corrected chi connectivity index (χ4v) is 6.01. The van der Waals surface area contributed by atoms with Gasteiger partial charge in [0, 0.05) is 16.7 Å². The predicted octanol–water partition coefficient (Wildman–Crippen LogP) is 10.6. The van der Waals surface area contributed by atoms with Gasteiger partial charge in [-0.1, -0.05) is 140 Å². The fraction of sp³-hybridized carbons (Fsp3) is 0. The summed E-state index contributed by atoms with van der Waals surface area (Å²) < 4.78 is 0. The summed E-state index contributed by atoms with van der Waals surface area (Å²) in [7, 11) is 0. The second kappa shape index (κ2) is 10.1. The lowest BCUT2D eigenvalue weighted by Gasteiger charge is -2.13. The van der Waals surface area contributed by atoms with Gasteiger partial charge in [0.1, 0.15) is 0 Å². The van der Waals surface area contributed by atoms with Crippen LogP contribution in [0.5, 0.6) is 0 Å². The second-order valence-electron chi connectivity index (χ2n) is 10.6. The predicted molar refractivity (Wildman–Crippen MR) is 176 cm³/mol. The van der Waals surface area contributed by atoms with Crippen LogP contribution < -0.4 is 0 Å². The molecule has 1 aromatic heterocycles. The molecule has 2 nitrogen and oxygen atoms in total. The lowest BCUT2D eigenvalue weighted by molar-refractivity contribution is 1.18. The number of hydrogen-bond acceptors (Lipinski definition) is 2. The van der Waals surface area contributed by atoms with Gasteiger partial charge in [0.15, 0.2) is 5.82 Å². The van der Waals surface area contributed by atoms with Crippen molar-refractivity contribution in [2.24, 2.45) is 0 Å². The first-order valence-corrected chi connectivity index (χ1v) is 14.3. The van der Waals surface area contributed by atoms with Crippen molar-refractivity contribution in [2.75, 3.05) is 0 Å². The summed E-state index contributed by atoms with van der Waals surface area (Å²) in [5.41, 5.74) is 7.29. The molecule has 0 radical (unpaired) electrons. The third-order valence-electron chi connectivity index (χ3n) is 8.06. The highest BCUT2D eigenvalue weighted by molar-refractivity contribution is 6.25. The topological polar surface area (TPSA) is 25.8 Å². The van der Waals surface area contributed by atoms with Crippen molar-refractivity contribution < 1.29 is 0 Å². The molecule has 0 atom stereocenters. The minimum absolute atomic E-state index is 0.719. The van der Waals surface area contributed by atoms with E-state index in [0.29, 0.717) is 0 Å². The van der Waals surface area contributed by atoms with Crippen LogP contribution in [0.3, 0.4) is 0 Å². The SMILES string of the molecule is c1ccc(-c2cccc(-c3cc(-c4ccc5c6ccccc6c6ccccc6c5c4)nc(-c4ccccc4)n3)c2)cc1. The van der Waals surface area contributed by atoms with Gasteiger partial charge in [-0.25, -0.2) is 9.97 Å². The van der Waals surface area contributed by atoms with Crippen LogP contribution in [0.1, 0.15) is 0 Å². The van der Waals surface area contributed by atoms with Crippen molar-refractivity contribution in [1.29, 1.82) is 0 Å². The maximum absolute atomic E-state index is 5.12. The Labute approximate surface area is 244 Å². The average molecular weight is 535 g/mol. The molecule has 8 aromatic rings. The highest BCUT2D eigenvalue weighted by atomic mass is 14.9. The summed E-state index contributed by atoms with van der Waals surface area (Å²) >= 11 is 0. The lowest BCUT2D eigenvalue weighted by Crippen LogP contribution is -1.96. The number of benzene rings is 7. The van der Waals surface area contributed by atoms with E-state index >= 15 is 0 Å². The normalized spacial score (nSPS) is 11.3. The van der Waals surface area contributed by atoms with Gasteiger partial charge in [0.2, 0.25) is 0 Å². The smallest absolute Gasteiger partial charge is 0.160 e. The van der Waals surface area contributed by atoms with E-state index in [2.05, 4.69) is 133 Å². The van der Waals surface area contributed by atoms with Gasteiger partial charge in [-0.3, -0.25) is 0 Å². The van der Waals surface area contributed by atoms with Gasteiger partial charge in [-0.15, -0.1) is 0 Å². The van der Waals surface area contributed by atoms with Gasteiger partial charge in [-0.2, -0.15) is 0 Å². The van der Waals surface area contributed by atoms with Gasteiger partial charge >= 0.3 is 0 Å². The van der Waals surface area contributed by atoms with Crippen LogP contribution in [-0.2, 0) is 0 Å². The summed E-state index contributed by atoms with van der Waals surface area (Å²) in [5.74, 6) is 0.719. The number of rotatable bonds is 4. The molecule has 7 aromatic carbocycles. The summed E-state index contributed by atoms with van der Waals surface area (Å²) in [6, 6.07) is 55.6. The molecule has 2 heteroatoms. The monoisotopic (exact) mass is 534 g/mol. The Bertz CT molecular complexity index is 2200. The molecule has 0 aliphatic heterocycles. The zero-order chi connectivity index (χ0) is 27.9. The molecular weight excluding hydrogens is 508 g/mol. The van der Waals surface area contributed by atoms with E-state index in [1.54, 1.807) is 0 Å². The van der Waals surface area contributed by atoms with Crippen molar-refractivity contribution in [1.82, 2.24) is 9.97 Å². The lowest BCUT2D eigenvalue weighted by atomic mass is 9.92. The Morgan fingerprint density at radius 1 is 0.262 bits per heavy atom. The van der Waals surface area contributed by atoms with Crippen LogP contribution in [0.4, 0.5) is 0 Å². The molecular formula is C40H26N2. The largest absolute Gasteiger partial charge is 0.228 e. The molecule has 0 saturated carbocycles. The van der Waals surface area contributed by atoms with E-state index < -0.39 is 0 Å². The highest BCUT2D eigenvalue weighted by Crippen LogP contribution is 2.37.